The zero-order valence-electron chi connectivity index (χ0n) is 19.1. The maximum atomic E-state index is 13.7. The molecule has 36 heavy (non-hydrogen) atoms. The van der Waals surface area contributed by atoms with E-state index in [4.69, 9.17) is 4.74 Å². The van der Waals surface area contributed by atoms with Crippen LogP contribution in [0.5, 0.6) is 0 Å². The number of hydrogen-bond donors (Lipinski definition) is 2. The van der Waals surface area contributed by atoms with E-state index in [1.54, 1.807) is 0 Å². The van der Waals surface area contributed by atoms with Crippen molar-refractivity contribution in [2.45, 2.75) is 24.4 Å². The van der Waals surface area contributed by atoms with Crippen molar-refractivity contribution in [1.29, 1.82) is 0 Å². The summed E-state index contributed by atoms with van der Waals surface area (Å²) in [7, 11) is 0. The van der Waals surface area contributed by atoms with Crippen LogP contribution in [0.15, 0.2) is 79.1 Å². The monoisotopic (exact) mass is 483 g/mol. The molecule has 3 aromatic carbocycles. The van der Waals surface area contributed by atoms with E-state index in [9.17, 15) is 19.1 Å². The SMILES string of the molecule is O=C(O)C1Cc2[nH]cnc2C(c2ccc(F)cc2)N1C(=O)OCC1c2ccccc2-c2ccccc21. The van der Waals surface area contributed by atoms with Gasteiger partial charge in [-0.25, -0.2) is 19.0 Å². The largest absolute Gasteiger partial charge is 0.480 e. The fourth-order valence-electron chi connectivity index (χ4n) is 5.41. The van der Waals surface area contributed by atoms with E-state index < -0.39 is 30.0 Å². The molecule has 180 valence electrons. The second kappa shape index (κ2) is 8.64. The minimum atomic E-state index is -1.18. The van der Waals surface area contributed by atoms with Crippen molar-refractivity contribution < 1.29 is 23.8 Å². The van der Waals surface area contributed by atoms with Crippen molar-refractivity contribution in [3.63, 3.8) is 0 Å². The highest BCUT2D eigenvalue weighted by molar-refractivity contribution is 5.82. The number of hydrogen-bond acceptors (Lipinski definition) is 4. The number of rotatable bonds is 4. The first kappa shape index (κ1) is 22.0. The van der Waals surface area contributed by atoms with Gasteiger partial charge in [-0.3, -0.25) is 4.90 Å². The van der Waals surface area contributed by atoms with Crippen LogP contribution in [0.4, 0.5) is 9.18 Å². The zero-order chi connectivity index (χ0) is 24.8. The first-order chi connectivity index (χ1) is 17.5. The number of carbonyl (C=O) groups is 2. The summed E-state index contributed by atoms with van der Waals surface area (Å²) in [4.78, 5) is 34.4. The predicted molar refractivity (Wildman–Crippen MR) is 129 cm³/mol. The molecule has 1 aliphatic heterocycles. The first-order valence-corrected chi connectivity index (χ1v) is 11.7. The van der Waals surface area contributed by atoms with Crippen molar-refractivity contribution in [2.24, 2.45) is 0 Å². The van der Waals surface area contributed by atoms with Gasteiger partial charge in [-0.1, -0.05) is 60.7 Å². The molecular formula is C28H22FN3O4. The van der Waals surface area contributed by atoms with E-state index in [0.717, 1.165) is 22.3 Å². The Bertz CT molecular complexity index is 1420. The fourth-order valence-corrected chi connectivity index (χ4v) is 5.41. The molecule has 2 heterocycles. The Kier molecular flexibility index (Phi) is 5.29. The lowest BCUT2D eigenvalue weighted by Crippen LogP contribution is -2.52. The molecule has 8 heteroatoms. The molecule has 0 radical (unpaired) electrons. The van der Waals surface area contributed by atoms with Crippen molar-refractivity contribution in [3.05, 3.63) is 113 Å². The molecule has 2 unspecified atom stereocenters. The molecule has 6 rings (SSSR count). The Morgan fingerprint density at radius 1 is 1.00 bits per heavy atom. The number of aliphatic carboxylic acids is 1. The van der Waals surface area contributed by atoms with Gasteiger partial charge in [-0.05, 0) is 39.9 Å². The lowest BCUT2D eigenvalue weighted by molar-refractivity contribution is -0.143. The average molecular weight is 483 g/mol. The maximum absolute atomic E-state index is 13.7. The topological polar surface area (TPSA) is 95.5 Å². The third-order valence-electron chi connectivity index (χ3n) is 7.04. The highest BCUT2D eigenvalue weighted by Gasteiger charge is 2.44. The van der Waals surface area contributed by atoms with Gasteiger partial charge in [0.25, 0.3) is 0 Å². The van der Waals surface area contributed by atoms with E-state index in [2.05, 4.69) is 9.97 Å². The third kappa shape index (κ3) is 3.53. The van der Waals surface area contributed by atoms with E-state index in [1.165, 1.54) is 35.5 Å². The molecule has 0 saturated carbocycles. The van der Waals surface area contributed by atoms with Crippen LogP contribution in [0.1, 0.15) is 40.0 Å². The van der Waals surface area contributed by atoms with Crippen LogP contribution in [-0.4, -0.2) is 44.7 Å². The lowest BCUT2D eigenvalue weighted by atomic mass is 9.91. The summed E-state index contributed by atoms with van der Waals surface area (Å²) in [5.74, 6) is -1.75. The molecule has 1 aliphatic carbocycles. The lowest BCUT2D eigenvalue weighted by Gasteiger charge is -2.38. The average Bonchev–Trinajstić information content (AvgIpc) is 3.49. The van der Waals surface area contributed by atoms with E-state index in [-0.39, 0.29) is 18.9 Å². The van der Waals surface area contributed by atoms with Gasteiger partial charge >= 0.3 is 12.1 Å². The van der Waals surface area contributed by atoms with Crippen LogP contribution in [0.25, 0.3) is 11.1 Å². The molecule has 4 aromatic rings. The number of H-pyrrole nitrogens is 1. The van der Waals surface area contributed by atoms with Crippen LogP contribution >= 0.6 is 0 Å². The summed E-state index contributed by atoms with van der Waals surface area (Å²) in [5.41, 5.74) is 6.01. The zero-order valence-corrected chi connectivity index (χ0v) is 19.1. The number of benzene rings is 3. The minimum Gasteiger partial charge on any atom is -0.480 e. The number of nitrogens with zero attached hydrogens (tertiary/aromatic N) is 2. The van der Waals surface area contributed by atoms with Gasteiger partial charge in [0.1, 0.15) is 24.5 Å². The van der Waals surface area contributed by atoms with Gasteiger partial charge in [0.05, 0.1) is 12.0 Å². The number of amides is 1. The van der Waals surface area contributed by atoms with Gasteiger partial charge in [0, 0.05) is 18.0 Å². The number of carboxylic acid groups (broad SMARTS) is 1. The number of aromatic nitrogens is 2. The second-order valence-corrected chi connectivity index (χ2v) is 8.99. The Hall–Kier alpha value is -4.46. The number of aromatic amines is 1. The summed E-state index contributed by atoms with van der Waals surface area (Å²) in [6, 6.07) is 19.6. The predicted octanol–water partition coefficient (Wildman–Crippen LogP) is 4.90. The highest BCUT2D eigenvalue weighted by atomic mass is 19.1. The summed E-state index contributed by atoms with van der Waals surface area (Å²) >= 11 is 0. The summed E-state index contributed by atoms with van der Waals surface area (Å²) in [6.07, 6.45) is 0.778. The summed E-state index contributed by atoms with van der Waals surface area (Å²) in [5, 5.41) is 10.0. The van der Waals surface area contributed by atoms with Gasteiger partial charge in [-0.2, -0.15) is 0 Å². The highest BCUT2D eigenvalue weighted by Crippen LogP contribution is 2.45. The van der Waals surface area contributed by atoms with Crippen LogP contribution < -0.4 is 0 Å². The van der Waals surface area contributed by atoms with Crippen molar-refractivity contribution >= 4 is 12.1 Å². The van der Waals surface area contributed by atoms with Gasteiger partial charge in [0.15, 0.2) is 0 Å². The Balaban J connectivity index is 1.34. The van der Waals surface area contributed by atoms with E-state index >= 15 is 0 Å². The number of carboxylic acids is 1. The summed E-state index contributed by atoms with van der Waals surface area (Å²) < 4.78 is 19.5. The molecule has 0 saturated heterocycles. The molecule has 7 nitrogen and oxygen atoms in total. The smallest absolute Gasteiger partial charge is 0.411 e. The second-order valence-electron chi connectivity index (χ2n) is 8.99. The van der Waals surface area contributed by atoms with E-state index in [1.807, 2.05) is 48.5 Å². The molecule has 2 N–H and O–H groups in total. The number of ether oxygens (including phenoxy) is 1. The molecular weight excluding hydrogens is 461 g/mol. The van der Waals surface area contributed by atoms with Crippen molar-refractivity contribution in [1.82, 2.24) is 14.9 Å². The van der Waals surface area contributed by atoms with Gasteiger partial charge in [0.2, 0.25) is 0 Å². The molecule has 2 atom stereocenters. The number of halogens is 1. The Morgan fingerprint density at radius 2 is 1.64 bits per heavy atom. The molecule has 1 amide bonds. The van der Waals surface area contributed by atoms with Crippen molar-refractivity contribution in [3.8, 4) is 11.1 Å². The van der Waals surface area contributed by atoms with Crippen LogP contribution in [-0.2, 0) is 16.0 Å². The Labute approximate surface area is 206 Å². The normalized spacial score (nSPS) is 18.3. The maximum Gasteiger partial charge on any atom is 0.411 e. The molecule has 0 spiro atoms. The molecule has 2 aliphatic rings. The molecule has 0 bridgehead atoms. The minimum absolute atomic E-state index is 0.0548. The van der Waals surface area contributed by atoms with Crippen LogP contribution in [0.2, 0.25) is 0 Å². The number of imidazole rings is 1. The van der Waals surface area contributed by atoms with Gasteiger partial charge < -0.3 is 14.8 Å². The standard InChI is InChI=1S/C28H22FN3O4/c29-17-11-9-16(10-12-17)26-25-23(30-15-31-25)13-24(27(33)34)32(26)28(35)36-14-22-20-7-3-1-5-18(20)19-6-2-4-8-21(19)22/h1-12,15,22,24,26H,13-14H2,(H,30,31)(H,33,34). The third-order valence-corrected chi connectivity index (χ3v) is 7.04. The van der Waals surface area contributed by atoms with Crippen LogP contribution in [0, 0.1) is 5.82 Å². The van der Waals surface area contributed by atoms with E-state index in [0.29, 0.717) is 17.0 Å². The number of fused-ring (bicyclic) bond motifs is 4. The molecule has 0 fully saturated rings. The van der Waals surface area contributed by atoms with Crippen molar-refractivity contribution in [2.75, 3.05) is 6.61 Å². The number of carbonyl (C=O) groups excluding carboxylic acids is 1. The fraction of sp³-hybridized carbons (Fsp3) is 0.179. The Morgan fingerprint density at radius 3 is 2.28 bits per heavy atom. The first-order valence-electron chi connectivity index (χ1n) is 11.7. The number of nitrogens with one attached hydrogen (secondary N) is 1. The van der Waals surface area contributed by atoms with Crippen LogP contribution in [0.3, 0.4) is 0 Å². The summed E-state index contributed by atoms with van der Waals surface area (Å²) in [6.45, 7) is 0.0548. The van der Waals surface area contributed by atoms with Gasteiger partial charge in [-0.15, -0.1) is 0 Å². The molecule has 1 aromatic heterocycles. The quantitative estimate of drug-likeness (QED) is 0.431.